The van der Waals surface area contributed by atoms with Crippen LogP contribution >= 0.6 is 0 Å². The molecule has 1 heterocycles. The minimum Gasteiger partial charge on any atom is -0.507 e. The number of imidazole rings is 1. The highest BCUT2D eigenvalue weighted by Crippen LogP contribution is 2.31. The molecule has 150 valence electrons. The summed E-state index contributed by atoms with van der Waals surface area (Å²) in [7, 11) is 0. The summed E-state index contributed by atoms with van der Waals surface area (Å²) in [6, 6.07) is 15.2. The van der Waals surface area contributed by atoms with Crippen molar-refractivity contribution in [2.75, 3.05) is 0 Å². The molecule has 4 rings (SSSR count). The standard InChI is InChI=1S/C23H18N2O5/c26-21-18(11-15-1-3-17(4-2-15)22(27)28)7-5-16-6-8-19(12-20(16)21)23(29)30-14-25-10-9-24-13-25/h1-10,12-13,26H,11,14H2,(H,27,28). The molecular formula is C23H18N2O5. The quantitative estimate of drug-likeness (QED) is 0.475. The van der Waals surface area contributed by atoms with Crippen LogP contribution in [0.25, 0.3) is 10.8 Å². The van der Waals surface area contributed by atoms with Gasteiger partial charge in [0.1, 0.15) is 5.75 Å². The Hall–Kier alpha value is -4.13. The molecule has 0 bridgehead atoms. The second-order valence-electron chi connectivity index (χ2n) is 6.83. The van der Waals surface area contributed by atoms with Crippen LogP contribution in [0.2, 0.25) is 0 Å². The molecule has 0 atom stereocenters. The van der Waals surface area contributed by atoms with Gasteiger partial charge in [-0.15, -0.1) is 0 Å². The van der Waals surface area contributed by atoms with Crippen LogP contribution in [0.15, 0.2) is 73.3 Å². The van der Waals surface area contributed by atoms with Gasteiger partial charge in [-0.25, -0.2) is 14.6 Å². The van der Waals surface area contributed by atoms with E-state index in [1.807, 2.05) is 12.1 Å². The molecule has 30 heavy (non-hydrogen) atoms. The van der Waals surface area contributed by atoms with Crippen molar-refractivity contribution >= 4 is 22.7 Å². The Balaban J connectivity index is 1.57. The molecule has 0 saturated heterocycles. The summed E-state index contributed by atoms with van der Waals surface area (Å²) in [5, 5.41) is 21.1. The SMILES string of the molecule is O=C(O)c1ccc(Cc2ccc3ccc(C(=O)OCn4ccnc4)cc3c2O)cc1. The van der Waals surface area contributed by atoms with Crippen LogP contribution in [-0.2, 0) is 17.9 Å². The number of phenols is 1. The van der Waals surface area contributed by atoms with E-state index in [1.165, 1.54) is 12.1 Å². The molecule has 0 fully saturated rings. The molecule has 7 nitrogen and oxygen atoms in total. The minimum absolute atomic E-state index is 0.0508. The first-order valence-electron chi connectivity index (χ1n) is 9.21. The number of esters is 1. The molecule has 0 unspecified atom stereocenters. The Morgan fingerprint density at radius 3 is 2.43 bits per heavy atom. The molecule has 2 N–H and O–H groups in total. The van der Waals surface area contributed by atoms with E-state index in [1.54, 1.807) is 53.6 Å². The van der Waals surface area contributed by atoms with Gasteiger partial charge in [-0.3, -0.25) is 0 Å². The van der Waals surface area contributed by atoms with Gasteiger partial charge in [0.05, 0.1) is 17.5 Å². The van der Waals surface area contributed by atoms with E-state index in [9.17, 15) is 14.7 Å². The van der Waals surface area contributed by atoms with E-state index in [0.29, 0.717) is 22.9 Å². The molecule has 0 aliphatic carbocycles. The maximum atomic E-state index is 12.4. The molecule has 0 radical (unpaired) electrons. The van der Waals surface area contributed by atoms with Crippen molar-refractivity contribution in [1.82, 2.24) is 9.55 Å². The summed E-state index contributed by atoms with van der Waals surface area (Å²) < 4.78 is 6.90. The van der Waals surface area contributed by atoms with E-state index < -0.39 is 11.9 Å². The zero-order chi connectivity index (χ0) is 21.1. The number of aromatic nitrogens is 2. The average Bonchev–Trinajstić information content (AvgIpc) is 3.28. The number of hydrogen-bond donors (Lipinski definition) is 2. The van der Waals surface area contributed by atoms with E-state index in [-0.39, 0.29) is 18.0 Å². The van der Waals surface area contributed by atoms with Crippen molar-refractivity contribution in [3.8, 4) is 5.75 Å². The fourth-order valence-electron chi connectivity index (χ4n) is 3.18. The van der Waals surface area contributed by atoms with E-state index in [0.717, 1.165) is 10.9 Å². The number of nitrogens with zero attached hydrogens (tertiary/aromatic N) is 2. The van der Waals surface area contributed by atoms with Crippen LogP contribution in [0.3, 0.4) is 0 Å². The third-order valence-electron chi connectivity index (χ3n) is 4.81. The molecule has 0 saturated carbocycles. The zero-order valence-corrected chi connectivity index (χ0v) is 15.9. The first-order chi connectivity index (χ1) is 14.5. The van der Waals surface area contributed by atoms with Crippen LogP contribution in [0.5, 0.6) is 5.75 Å². The summed E-state index contributed by atoms with van der Waals surface area (Å²) in [5.74, 6) is -1.40. The normalized spacial score (nSPS) is 10.8. The van der Waals surface area contributed by atoms with Crippen molar-refractivity contribution < 1.29 is 24.5 Å². The molecule has 0 spiro atoms. The van der Waals surface area contributed by atoms with Gasteiger partial charge in [-0.05, 0) is 40.8 Å². The molecule has 7 heteroatoms. The number of aromatic hydroxyl groups is 1. The lowest BCUT2D eigenvalue weighted by Gasteiger charge is -2.10. The Labute approximate surface area is 171 Å². The number of carbonyl (C=O) groups is 2. The fourth-order valence-corrected chi connectivity index (χ4v) is 3.18. The number of ether oxygens (including phenoxy) is 1. The highest BCUT2D eigenvalue weighted by molar-refractivity contribution is 5.98. The number of carbonyl (C=O) groups excluding carboxylic acids is 1. The Morgan fingerprint density at radius 1 is 1.00 bits per heavy atom. The van der Waals surface area contributed by atoms with Gasteiger partial charge in [-0.2, -0.15) is 0 Å². The van der Waals surface area contributed by atoms with E-state index in [2.05, 4.69) is 4.98 Å². The maximum Gasteiger partial charge on any atom is 0.339 e. The number of phenolic OH excluding ortho intramolecular Hbond substituents is 1. The minimum atomic E-state index is -0.984. The molecule has 4 aromatic rings. The number of fused-ring (bicyclic) bond motifs is 1. The Bertz CT molecular complexity index is 1210. The number of carboxylic acid groups (broad SMARTS) is 1. The van der Waals surface area contributed by atoms with Crippen LogP contribution in [0.4, 0.5) is 0 Å². The van der Waals surface area contributed by atoms with Crippen LogP contribution in [-0.4, -0.2) is 31.7 Å². The van der Waals surface area contributed by atoms with E-state index >= 15 is 0 Å². The lowest BCUT2D eigenvalue weighted by Crippen LogP contribution is -2.08. The molecule has 0 aliphatic heterocycles. The van der Waals surface area contributed by atoms with E-state index in [4.69, 9.17) is 9.84 Å². The third kappa shape index (κ3) is 4.00. The summed E-state index contributed by atoms with van der Waals surface area (Å²) in [4.78, 5) is 27.3. The molecule has 0 aliphatic rings. The molecule has 1 aromatic heterocycles. The van der Waals surface area contributed by atoms with Gasteiger partial charge in [0, 0.05) is 24.2 Å². The van der Waals surface area contributed by atoms with Crippen molar-refractivity contribution in [3.05, 3.63) is 95.6 Å². The second kappa shape index (κ2) is 8.08. The number of carboxylic acids is 1. The lowest BCUT2D eigenvalue weighted by atomic mass is 9.98. The number of hydrogen-bond acceptors (Lipinski definition) is 5. The Morgan fingerprint density at radius 2 is 1.73 bits per heavy atom. The second-order valence-corrected chi connectivity index (χ2v) is 6.83. The molecule has 3 aromatic carbocycles. The Kier molecular flexibility index (Phi) is 5.17. The largest absolute Gasteiger partial charge is 0.507 e. The predicted molar refractivity (Wildman–Crippen MR) is 109 cm³/mol. The van der Waals surface area contributed by atoms with Crippen molar-refractivity contribution in [2.45, 2.75) is 13.2 Å². The van der Waals surface area contributed by atoms with Gasteiger partial charge in [-0.1, -0.05) is 30.3 Å². The smallest absolute Gasteiger partial charge is 0.339 e. The van der Waals surface area contributed by atoms with Gasteiger partial charge < -0.3 is 19.5 Å². The number of rotatable bonds is 6. The topological polar surface area (TPSA) is 102 Å². The predicted octanol–water partition coefficient (Wildman–Crippen LogP) is 3.85. The maximum absolute atomic E-state index is 12.4. The van der Waals surface area contributed by atoms with Gasteiger partial charge in [0.25, 0.3) is 0 Å². The van der Waals surface area contributed by atoms with Gasteiger partial charge in [0.2, 0.25) is 0 Å². The number of benzene rings is 3. The first kappa shape index (κ1) is 19.2. The zero-order valence-electron chi connectivity index (χ0n) is 15.9. The first-order valence-corrected chi connectivity index (χ1v) is 9.21. The van der Waals surface area contributed by atoms with Crippen LogP contribution in [0.1, 0.15) is 31.8 Å². The van der Waals surface area contributed by atoms with Gasteiger partial charge >= 0.3 is 11.9 Å². The van der Waals surface area contributed by atoms with Crippen molar-refractivity contribution in [1.29, 1.82) is 0 Å². The monoisotopic (exact) mass is 402 g/mol. The average molecular weight is 402 g/mol. The van der Waals surface area contributed by atoms with Crippen LogP contribution < -0.4 is 0 Å². The highest BCUT2D eigenvalue weighted by Gasteiger charge is 2.13. The lowest BCUT2D eigenvalue weighted by molar-refractivity contribution is 0.0372. The fraction of sp³-hybridized carbons (Fsp3) is 0.0870. The third-order valence-corrected chi connectivity index (χ3v) is 4.81. The summed E-state index contributed by atoms with van der Waals surface area (Å²) in [6.07, 6.45) is 5.26. The van der Waals surface area contributed by atoms with Gasteiger partial charge in [0.15, 0.2) is 6.73 Å². The summed E-state index contributed by atoms with van der Waals surface area (Å²) >= 11 is 0. The molecule has 0 amide bonds. The summed E-state index contributed by atoms with van der Waals surface area (Å²) in [6.45, 7) is 0.0508. The van der Waals surface area contributed by atoms with Crippen LogP contribution in [0, 0.1) is 0 Å². The highest BCUT2D eigenvalue weighted by atomic mass is 16.5. The number of aromatic carboxylic acids is 1. The van der Waals surface area contributed by atoms with Crippen molar-refractivity contribution in [3.63, 3.8) is 0 Å². The summed E-state index contributed by atoms with van der Waals surface area (Å²) in [5.41, 5.74) is 2.08. The van der Waals surface area contributed by atoms with Crippen molar-refractivity contribution in [2.24, 2.45) is 0 Å². The molecular weight excluding hydrogens is 384 g/mol.